The van der Waals surface area contributed by atoms with Crippen LogP contribution in [0.4, 0.5) is 5.69 Å². The smallest absolute Gasteiger partial charge is 0.238 e. The molecule has 6 heteroatoms. The lowest BCUT2D eigenvalue weighted by molar-refractivity contribution is -0.115. The summed E-state index contributed by atoms with van der Waals surface area (Å²) in [5.74, 6) is -0.0291. The number of aromatic nitrogens is 1. The monoisotopic (exact) mass is 316 g/mol. The number of nitrogens with zero attached hydrogens (tertiary/aromatic N) is 2. The van der Waals surface area contributed by atoms with Crippen molar-refractivity contribution < 1.29 is 9.53 Å². The van der Waals surface area contributed by atoms with E-state index < -0.39 is 0 Å². The highest BCUT2D eigenvalue weighted by molar-refractivity contribution is 5.95. The first-order chi connectivity index (χ1) is 11.3. The predicted molar refractivity (Wildman–Crippen MR) is 91.8 cm³/mol. The van der Waals surface area contributed by atoms with Crippen LogP contribution in [-0.2, 0) is 16.1 Å². The Morgan fingerprint density at radius 2 is 2.04 bits per heavy atom. The fourth-order valence-corrected chi connectivity index (χ4v) is 2.91. The quantitative estimate of drug-likeness (QED) is 0.839. The molecule has 2 N–H and O–H groups in total. The molecule has 6 nitrogen and oxygen atoms in total. The second-order valence-corrected chi connectivity index (χ2v) is 5.82. The molecule has 2 heterocycles. The minimum atomic E-state index is -0.0291. The van der Waals surface area contributed by atoms with Crippen molar-refractivity contribution in [3.63, 3.8) is 0 Å². The summed E-state index contributed by atoms with van der Waals surface area (Å²) in [6, 6.07) is 8.15. The molecule has 1 aromatic heterocycles. The van der Waals surface area contributed by atoms with Crippen molar-refractivity contribution in [1.29, 1.82) is 0 Å². The molecule has 3 rings (SSSR count). The van der Waals surface area contributed by atoms with Gasteiger partial charge in [-0.05, 0) is 31.3 Å². The molecule has 23 heavy (non-hydrogen) atoms. The average Bonchev–Trinajstić information content (AvgIpc) is 2.96. The minimum Gasteiger partial charge on any atom is -0.379 e. The van der Waals surface area contributed by atoms with Crippen LogP contribution in [0.1, 0.15) is 0 Å². The van der Waals surface area contributed by atoms with Gasteiger partial charge in [0.05, 0.1) is 19.8 Å². The number of nitrogens with one attached hydrogen (secondary N) is 2. The van der Waals surface area contributed by atoms with Crippen LogP contribution in [0.2, 0.25) is 0 Å². The van der Waals surface area contributed by atoms with Gasteiger partial charge in [-0.25, -0.2) is 0 Å². The molecule has 1 saturated heterocycles. The Hall–Kier alpha value is -1.89. The third-order valence-electron chi connectivity index (χ3n) is 4.15. The zero-order chi connectivity index (χ0) is 16.1. The Bertz CT molecular complexity index is 662. The van der Waals surface area contributed by atoms with Crippen molar-refractivity contribution in [3.05, 3.63) is 30.5 Å². The molecule has 0 bridgehead atoms. The van der Waals surface area contributed by atoms with Gasteiger partial charge >= 0.3 is 0 Å². The number of morpholine rings is 1. The summed E-state index contributed by atoms with van der Waals surface area (Å²) in [7, 11) is 1.76. The van der Waals surface area contributed by atoms with Crippen LogP contribution >= 0.6 is 0 Å². The van der Waals surface area contributed by atoms with Gasteiger partial charge in [0.25, 0.3) is 0 Å². The number of carbonyl (C=O) groups excluding carboxylic acids is 1. The molecule has 0 radical (unpaired) electrons. The molecule has 0 spiro atoms. The van der Waals surface area contributed by atoms with Gasteiger partial charge in [0, 0.05) is 49.0 Å². The maximum Gasteiger partial charge on any atom is 0.238 e. The summed E-state index contributed by atoms with van der Waals surface area (Å²) >= 11 is 0. The van der Waals surface area contributed by atoms with E-state index in [2.05, 4.69) is 38.4 Å². The second kappa shape index (κ2) is 7.59. The van der Waals surface area contributed by atoms with Crippen molar-refractivity contribution in [1.82, 2.24) is 14.8 Å². The highest BCUT2D eigenvalue weighted by Gasteiger charge is 2.11. The zero-order valence-electron chi connectivity index (χ0n) is 13.5. The van der Waals surface area contributed by atoms with Crippen LogP contribution in [0.15, 0.2) is 30.5 Å². The molecule has 1 aromatic carbocycles. The summed E-state index contributed by atoms with van der Waals surface area (Å²) in [6.45, 7) is 6.02. The predicted octanol–water partition coefficient (Wildman–Crippen LogP) is 1.13. The van der Waals surface area contributed by atoms with E-state index in [1.807, 2.05) is 12.1 Å². The number of ether oxygens (including phenoxy) is 1. The van der Waals surface area contributed by atoms with Gasteiger partial charge in [-0.3, -0.25) is 9.69 Å². The summed E-state index contributed by atoms with van der Waals surface area (Å²) in [5.41, 5.74) is 2.04. The molecule has 0 aliphatic carbocycles. The SMILES string of the molecule is CNCC(=O)Nc1ccc2c(ccn2CCN2CCOCC2)c1. The van der Waals surface area contributed by atoms with Gasteiger partial charge in [-0.15, -0.1) is 0 Å². The maximum absolute atomic E-state index is 11.6. The third-order valence-corrected chi connectivity index (χ3v) is 4.15. The Labute approximate surface area is 136 Å². The van der Waals surface area contributed by atoms with Gasteiger partial charge in [-0.1, -0.05) is 0 Å². The number of likely N-dealkylation sites (N-methyl/N-ethyl adjacent to an activating group) is 1. The zero-order valence-corrected chi connectivity index (χ0v) is 13.5. The Balaban J connectivity index is 1.64. The number of fused-ring (bicyclic) bond motifs is 1. The van der Waals surface area contributed by atoms with Gasteiger partial charge < -0.3 is 19.9 Å². The number of anilines is 1. The first-order valence-electron chi connectivity index (χ1n) is 8.10. The number of amides is 1. The summed E-state index contributed by atoms with van der Waals surface area (Å²) in [6.07, 6.45) is 2.12. The Morgan fingerprint density at radius 1 is 1.22 bits per heavy atom. The van der Waals surface area contributed by atoms with E-state index in [1.54, 1.807) is 7.05 Å². The van der Waals surface area contributed by atoms with Crippen molar-refractivity contribution >= 4 is 22.5 Å². The average molecular weight is 316 g/mol. The van der Waals surface area contributed by atoms with Crippen LogP contribution in [0.5, 0.6) is 0 Å². The number of hydrogen-bond donors (Lipinski definition) is 2. The van der Waals surface area contributed by atoms with E-state index >= 15 is 0 Å². The van der Waals surface area contributed by atoms with Gasteiger partial charge in [0.1, 0.15) is 0 Å². The highest BCUT2D eigenvalue weighted by Crippen LogP contribution is 2.20. The Kier molecular flexibility index (Phi) is 5.27. The molecular formula is C17H24N4O2. The van der Waals surface area contributed by atoms with Crippen molar-refractivity contribution in [2.75, 3.05) is 51.8 Å². The van der Waals surface area contributed by atoms with Crippen LogP contribution in [0.3, 0.4) is 0 Å². The number of hydrogen-bond acceptors (Lipinski definition) is 4. The minimum absolute atomic E-state index is 0.0291. The molecule has 1 amide bonds. The molecule has 1 aliphatic rings. The van der Waals surface area contributed by atoms with Crippen LogP contribution in [0, 0.1) is 0 Å². The van der Waals surface area contributed by atoms with Crippen molar-refractivity contribution in [2.45, 2.75) is 6.54 Å². The maximum atomic E-state index is 11.6. The van der Waals surface area contributed by atoms with Crippen LogP contribution in [-0.4, -0.2) is 61.8 Å². The fourth-order valence-electron chi connectivity index (χ4n) is 2.91. The first kappa shape index (κ1) is 16.0. The molecule has 1 aliphatic heterocycles. The van der Waals surface area contributed by atoms with Gasteiger partial charge in [0.15, 0.2) is 0 Å². The number of rotatable bonds is 6. The van der Waals surface area contributed by atoms with E-state index in [1.165, 1.54) is 5.52 Å². The fraction of sp³-hybridized carbons (Fsp3) is 0.471. The highest BCUT2D eigenvalue weighted by atomic mass is 16.5. The molecule has 124 valence electrons. The summed E-state index contributed by atoms with van der Waals surface area (Å²) in [5, 5.41) is 6.89. The first-order valence-corrected chi connectivity index (χ1v) is 8.10. The molecule has 2 aromatic rings. The molecule has 0 unspecified atom stereocenters. The van der Waals surface area contributed by atoms with Crippen molar-refractivity contribution in [3.8, 4) is 0 Å². The lowest BCUT2D eigenvalue weighted by Gasteiger charge is -2.26. The normalized spacial score (nSPS) is 15.9. The molecule has 1 fully saturated rings. The van der Waals surface area contributed by atoms with Gasteiger partial charge in [-0.2, -0.15) is 0 Å². The van der Waals surface area contributed by atoms with E-state index in [4.69, 9.17) is 4.74 Å². The van der Waals surface area contributed by atoms with Crippen LogP contribution in [0.25, 0.3) is 10.9 Å². The largest absolute Gasteiger partial charge is 0.379 e. The second-order valence-electron chi connectivity index (χ2n) is 5.82. The summed E-state index contributed by atoms with van der Waals surface area (Å²) in [4.78, 5) is 14.1. The Morgan fingerprint density at radius 3 is 2.83 bits per heavy atom. The molecular weight excluding hydrogens is 292 g/mol. The van der Waals surface area contributed by atoms with E-state index in [0.717, 1.165) is 50.5 Å². The van der Waals surface area contributed by atoms with E-state index in [-0.39, 0.29) is 5.91 Å². The number of benzene rings is 1. The topological polar surface area (TPSA) is 58.5 Å². The van der Waals surface area contributed by atoms with Gasteiger partial charge in [0.2, 0.25) is 5.91 Å². The lowest BCUT2D eigenvalue weighted by Crippen LogP contribution is -2.38. The van der Waals surface area contributed by atoms with E-state index in [9.17, 15) is 4.79 Å². The molecule has 0 atom stereocenters. The van der Waals surface area contributed by atoms with Crippen LogP contribution < -0.4 is 10.6 Å². The van der Waals surface area contributed by atoms with Crippen molar-refractivity contribution in [2.24, 2.45) is 0 Å². The summed E-state index contributed by atoms with van der Waals surface area (Å²) < 4.78 is 7.65. The number of carbonyl (C=O) groups is 1. The molecule has 0 saturated carbocycles. The van der Waals surface area contributed by atoms with E-state index in [0.29, 0.717) is 6.54 Å². The lowest BCUT2D eigenvalue weighted by atomic mass is 10.2. The third kappa shape index (κ3) is 4.10. The standard InChI is InChI=1S/C17H24N4O2/c1-18-13-17(22)19-15-2-3-16-14(12-15)4-5-21(16)7-6-20-8-10-23-11-9-20/h2-5,12,18H,6-11,13H2,1H3,(H,19,22).